The van der Waals surface area contributed by atoms with E-state index in [2.05, 4.69) is 24.5 Å². The lowest BCUT2D eigenvalue weighted by Crippen LogP contribution is -2.51. The van der Waals surface area contributed by atoms with Crippen molar-refractivity contribution in [2.24, 2.45) is 17.8 Å². The fourth-order valence-corrected chi connectivity index (χ4v) is 4.13. The number of ether oxygens (including phenoxy) is 1. The van der Waals surface area contributed by atoms with E-state index in [1.807, 2.05) is 24.3 Å². The largest absolute Gasteiger partial charge is 0.494 e. The van der Waals surface area contributed by atoms with Gasteiger partial charge in [0.15, 0.2) is 0 Å². The van der Waals surface area contributed by atoms with Crippen LogP contribution in [0.3, 0.4) is 0 Å². The predicted molar refractivity (Wildman–Crippen MR) is 121 cm³/mol. The molecule has 0 fully saturated rings. The van der Waals surface area contributed by atoms with Gasteiger partial charge in [0.25, 0.3) is 0 Å². The number of hydrogen-bond donors (Lipinski definition) is 4. The second-order valence-electron chi connectivity index (χ2n) is 8.88. The molecule has 3 amide bonds. The normalized spacial score (nSPS) is 22.3. The fraction of sp³-hybridized carbons (Fsp3) is 0.625. The number of nitrogens with one attached hydrogen (secondary N) is 3. The molecule has 0 aliphatic carbocycles. The van der Waals surface area contributed by atoms with Crippen LogP contribution in [0.2, 0.25) is 0 Å². The van der Waals surface area contributed by atoms with Crippen LogP contribution in [0.25, 0.3) is 0 Å². The van der Waals surface area contributed by atoms with Gasteiger partial charge in [-0.05, 0) is 49.3 Å². The first-order valence-corrected chi connectivity index (χ1v) is 11.5. The Morgan fingerprint density at radius 2 is 1.91 bits per heavy atom. The third-order valence-electron chi connectivity index (χ3n) is 5.99. The molecule has 2 aliphatic heterocycles. The zero-order chi connectivity index (χ0) is 23.5. The van der Waals surface area contributed by atoms with Crippen molar-refractivity contribution in [2.75, 3.05) is 13.7 Å². The van der Waals surface area contributed by atoms with Crippen LogP contribution >= 0.6 is 0 Å². The topological polar surface area (TPSA) is 117 Å². The van der Waals surface area contributed by atoms with E-state index >= 15 is 0 Å². The number of hydrogen-bond acceptors (Lipinski definition) is 5. The summed E-state index contributed by atoms with van der Waals surface area (Å²) in [6.45, 7) is 4.72. The Hall–Kier alpha value is -2.61. The van der Waals surface area contributed by atoms with Crippen molar-refractivity contribution in [3.63, 3.8) is 0 Å². The maximum absolute atomic E-state index is 13.4. The van der Waals surface area contributed by atoms with Crippen molar-refractivity contribution in [3.05, 3.63) is 29.8 Å². The zero-order valence-electron chi connectivity index (χ0n) is 19.4. The van der Waals surface area contributed by atoms with Crippen LogP contribution in [-0.4, -0.2) is 42.6 Å². The van der Waals surface area contributed by atoms with Crippen LogP contribution < -0.4 is 20.9 Å². The number of amides is 3. The molecule has 0 radical (unpaired) electrons. The molecule has 1 aromatic carbocycles. The van der Waals surface area contributed by atoms with Crippen LogP contribution in [0.5, 0.6) is 5.75 Å². The third-order valence-corrected chi connectivity index (χ3v) is 5.99. The van der Waals surface area contributed by atoms with Gasteiger partial charge in [-0.15, -0.1) is 0 Å². The van der Waals surface area contributed by atoms with Crippen molar-refractivity contribution < 1.29 is 24.3 Å². The summed E-state index contributed by atoms with van der Waals surface area (Å²) >= 11 is 0. The van der Waals surface area contributed by atoms with Gasteiger partial charge in [0.1, 0.15) is 11.8 Å². The van der Waals surface area contributed by atoms with Crippen LogP contribution in [0, 0.1) is 17.8 Å². The summed E-state index contributed by atoms with van der Waals surface area (Å²) < 4.78 is 5.78. The van der Waals surface area contributed by atoms with Gasteiger partial charge < -0.3 is 15.4 Å². The highest BCUT2D eigenvalue weighted by Gasteiger charge is 2.35. The number of carbonyl (C=O) groups excluding carboxylic acids is 3. The fourth-order valence-electron chi connectivity index (χ4n) is 4.13. The molecule has 0 saturated heterocycles. The molecular formula is C24H37N3O5. The number of likely N-dealkylation sites (N-methyl/N-ethyl adjacent to an activating group) is 1. The highest BCUT2D eigenvalue weighted by molar-refractivity contribution is 5.91. The molecule has 0 spiro atoms. The van der Waals surface area contributed by atoms with Crippen molar-refractivity contribution in [2.45, 2.75) is 64.8 Å². The molecule has 0 aromatic heterocycles. The maximum atomic E-state index is 13.4. The SMILES string of the molecule is CNC(=O)[C@@H]1Cc2ccc(cc2)OCCCC[C@H](C(=O)NO)[C@@H](CCCC(C)C)C(=O)N1. The summed E-state index contributed by atoms with van der Waals surface area (Å²) in [7, 11) is 1.53. The molecule has 1 aromatic rings. The highest BCUT2D eigenvalue weighted by atomic mass is 16.5. The molecule has 0 unspecified atom stereocenters. The number of rotatable bonds is 6. The van der Waals surface area contributed by atoms with Crippen LogP contribution in [-0.2, 0) is 20.8 Å². The molecule has 32 heavy (non-hydrogen) atoms. The smallest absolute Gasteiger partial charge is 0.247 e. The number of fused-ring (bicyclic) bond motifs is 12. The quantitative estimate of drug-likeness (QED) is 0.395. The van der Waals surface area contributed by atoms with Gasteiger partial charge in [-0.3, -0.25) is 19.6 Å². The Kier molecular flexibility index (Phi) is 10.5. The third kappa shape index (κ3) is 7.82. The summed E-state index contributed by atoms with van der Waals surface area (Å²) in [5, 5.41) is 14.8. The van der Waals surface area contributed by atoms with Gasteiger partial charge in [-0.25, -0.2) is 5.48 Å². The van der Waals surface area contributed by atoms with E-state index < -0.39 is 23.8 Å². The summed E-state index contributed by atoms with van der Waals surface area (Å²) in [6, 6.07) is 6.72. The molecule has 2 aliphatic rings. The molecule has 4 N–H and O–H groups in total. The van der Waals surface area contributed by atoms with Crippen molar-refractivity contribution >= 4 is 17.7 Å². The van der Waals surface area contributed by atoms with Crippen LogP contribution in [0.4, 0.5) is 0 Å². The first-order valence-electron chi connectivity index (χ1n) is 11.5. The van der Waals surface area contributed by atoms with Gasteiger partial charge in [0.05, 0.1) is 12.5 Å². The predicted octanol–water partition coefficient (Wildman–Crippen LogP) is 2.59. The molecule has 2 heterocycles. The summed E-state index contributed by atoms with van der Waals surface area (Å²) in [6.07, 6.45) is 4.37. The highest BCUT2D eigenvalue weighted by Crippen LogP contribution is 2.27. The zero-order valence-corrected chi connectivity index (χ0v) is 19.4. The van der Waals surface area contributed by atoms with Gasteiger partial charge in [-0.2, -0.15) is 0 Å². The summed E-state index contributed by atoms with van der Waals surface area (Å²) in [5.41, 5.74) is 2.63. The van der Waals surface area contributed by atoms with Gasteiger partial charge in [0, 0.05) is 19.4 Å². The minimum absolute atomic E-state index is 0.299. The van der Waals surface area contributed by atoms with Gasteiger partial charge in [0.2, 0.25) is 17.7 Å². The first-order chi connectivity index (χ1) is 15.3. The van der Waals surface area contributed by atoms with Gasteiger partial charge in [-0.1, -0.05) is 38.8 Å². The van der Waals surface area contributed by atoms with E-state index in [0.717, 1.165) is 30.6 Å². The Balaban J connectivity index is 2.33. The number of hydroxylamine groups is 1. The Bertz CT molecular complexity index is 751. The monoisotopic (exact) mass is 447 g/mol. The standard InChI is InChI=1S/C24H37N3O5/c1-16(2)7-6-9-19-20(23(29)27-31)8-4-5-14-32-18-12-10-17(11-13-18)15-21(24(30)25-3)26-22(19)28/h10-13,16,19-21,31H,4-9,14-15H2,1-3H3,(H,25,30)(H,26,28)(H,27,29)/t19-,20+,21+/m1/s1. The lowest BCUT2D eigenvalue weighted by Gasteiger charge is -2.27. The van der Waals surface area contributed by atoms with E-state index in [4.69, 9.17) is 4.74 Å². The molecule has 2 bridgehead atoms. The van der Waals surface area contributed by atoms with Gasteiger partial charge >= 0.3 is 0 Å². The van der Waals surface area contributed by atoms with Crippen LogP contribution in [0.15, 0.2) is 24.3 Å². The van der Waals surface area contributed by atoms with Crippen molar-refractivity contribution in [1.29, 1.82) is 0 Å². The second kappa shape index (κ2) is 13.1. The summed E-state index contributed by atoms with van der Waals surface area (Å²) in [4.78, 5) is 38.4. The lowest BCUT2D eigenvalue weighted by molar-refractivity contribution is -0.141. The average molecular weight is 448 g/mol. The Morgan fingerprint density at radius 3 is 2.53 bits per heavy atom. The molecule has 8 heteroatoms. The lowest BCUT2D eigenvalue weighted by atomic mass is 9.82. The van der Waals surface area contributed by atoms with E-state index in [1.165, 1.54) is 7.05 Å². The van der Waals surface area contributed by atoms with Crippen LogP contribution in [0.1, 0.15) is 57.9 Å². The molecule has 3 rings (SSSR count). The van der Waals surface area contributed by atoms with Crippen molar-refractivity contribution in [1.82, 2.24) is 16.1 Å². The van der Waals surface area contributed by atoms with E-state index in [0.29, 0.717) is 38.2 Å². The minimum Gasteiger partial charge on any atom is -0.494 e. The van der Waals surface area contributed by atoms with E-state index in [9.17, 15) is 19.6 Å². The van der Waals surface area contributed by atoms with E-state index in [1.54, 1.807) is 5.48 Å². The Morgan fingerprint density at radius 1 is 1.19 bits per heavy atom. The molecule has 3 atom stereocenters. The van der Waals surface area contributed by atoms with E-state index in [-0.39, 0.29) is 11.8 Å². The molecule has 8 nitrogen and oxygen atoms in total. The molecule has 178 valence electrons. The maximum Gasteiger partial charge on any atom is 0.247 e. The number of benzene rings is 1. The van der Waals surface area contributed by atoms with Crippen molar-refractivity contribution in [3.8, 4) is 5.75 Å². The second-order valence-corrected chi connectivity index (χ2v) is 8.88. The summed E-state index contributed by atoms with van der Waals surface area (Å²) in [5.74, 6) is -1.31. The molecule has 0 saturated carbocycles. The number of carbonyl (C=O) groups is 3. The molecular weight excluding hydrogens is 410 g/mol. The first kappa shape index (κ1) is 25.6. The Labute approximate surface area is 190 Å². The minimum atomic E-state index is -0.769. The average Bonchev–Trinajstić information content (AvgIpc) is 2.79.